The quantitative estimate of drug-likeness (QED) is 0.865. The van der Waals surface area contributed by atoms with Crippen LogP contribution < -0.4 is 15.0 Å². The first-order valence-corrected chi connectivity index (χ1v) is 9.14. The maximum Gasteiger partial charge on any atom is 0.227 e. The summed E-state index contributed by atoms with van der Waals surface area (Å²) in [6.45, 7) is 10.4. The Labute approximate surface area is 150 Å². The zero-order valence-electron chi connectivity index (χ0n) is 15.6. The Balaban J connectivity index is 1.84. The number of anilines is 3. The van der Waals surface area contributed by atoms with Crippen LogP contribution in [0.15, 0.2) is 30.3 Å². The van der Waals surface area contributed by atoms with Crippen LogP contribution in [0.1, 0.15) is 39.3 Å². The Kier molecular flexibility index (Phi) is 5.41. The fourth-order valence-corrected chi connectivity index (χ4v) is 3.19. The molecule has 134 valence electrons. The molecule has 1 N–H and O–H groups in total. The molecule has 2 heterocycles. The second-order valence-electron chi connectivity index (χ2n) is 7.18. The third-order valence-electron chi connectivity index (χ3n) is 4.29. The van der Waals surface area contributed by atoms with Crippen molar-refractivity contribution in [1.82, 2.24) is 9.97 Å². The van der Waals surface area contributed by atoms with Crippen molar-refractivity contribution in [3.63, 3.8) is 0 Å². The molecule has 1 atom stereocenters. The van der Waals surface area contributed by atoms with E-state index in [0.29, 0.717) is 5.92 Å². The molecule has 1 aromatic carbocycles. The first-order valence-electron chi connectivity index (χ1n) is 9.14. The van der Waals surface area contributed by atoms with Gasteiger partial charge in [-0.15, -0.1) is 0 Å². The summed E-state index contributed by atoms with van der Waals surface area (Å²) in [4.78, 5) is 11.7. The zero-order valence-corrected chi connectivity index (χ0v) is 15.6. The number of nitrogens with one attached hydrogen (secondary N) is 1. The number of hydrogen-bond acceptors (Lipinski definition) is 5. The number of rotatable bonds is 5. The summed E-state index contributed by atoms with van der Waals surface area (Å²) in [5.74, 6) is 3.15. The number of nitrogens with zero attached hydrogens (tertiary/aromatic N) is 3. The molecule has 0 saturated carbocycles. The van der Waals surface area contributed by atoms with E-state index in [1.807, 2.05) is 51.1 Å². The minimum absolute atomic E-state index is 0.125. The van der Waals surface area contributed by atoms with Gasteiger partial charge in [-0.05, 0) is 51.7 Å². The van der Waals surface area contributed by atoms with E-state index < -0.39 is 0 Å². The van der Waals surface area contributed by atoms with Crippen molar-refractivity contribution in [3.8, 4) is 5.75 Å². The average Bonchev–Trinajstić information content (AvgIpc) is 2.56. The summed E-state index contributed by atoms with van der Waals surface area (Å²) in [6, 6.07) is 9.94. The molecule has 0 amide bonds. The summed E-state index contributed by atoms with van der Waals surface area (Å²) < 4.78 is 5.89. The standard InChI is InChI=1S/C20H28N4O/c1-14(2)25-18-10-6-5-9-17(18)22-19-12-16(4)21-20(23-19)24-11-7-8-15(3)13-24/h5-6,9-10,12,14-15H,7-8,11,13H2,1-4H3,(H,21,22,23). The van der Waals surface area contributed by atoms with Crippen molar-refractivity contribution in [2.75, 3.05) is 23.3 Å². The highest BCUT2D eigenvalue weighted by Gasteiger charge is 2.19. The van der Waals surface area contributed by atoms with Crippen molar-refractivity contribution in [3.05, 3.63) is 36.0 Å². The molecule has 5 nitrogen and oxygen atoms in total. The van der Waals surface area contributed by atoms with Gasteiger partial charge in [0.25, 0.3) is 0 Å². The van der Waals surface area contributed by atoms with E-state index in [2.05, 4.69) is 22.1 Å². The number of hydrogen-bond donors (Lipinski definition) is 1. The highest BCUT2D eigenvalue weighted by molar-refractivity contribution is 5.65. The lowest BCUT2D eigenvalue weighted by atomic mass is 10.0. The number of piperidine rings is 1. The maximum absolute atomic E-state index is 5.89. The third-order valence-corrected chi connectivity index (χ3v) is 4.29. The van der Waals surface area contributed by atoms with Crippen molar-refractivity contribution < 1.29 is 4.74 Å². The normalized spacial score (nSPS) is 17.6. The molecule has 0 aliphatic carbocycles. The Hall–Kier alpha value is -2.30. The van der Waals surface area contributed by atoms with E-state index >= 15 is 0 Å². The van der Waals surface area contributed by atoms with Gasteiger partial charge >= 0.3 is 0 Å². The second-order valence-corrected chi connectivity index (χ2v) is 7.18. The van der Waals surface area contributed by atoms with Crippen LogP contribution in [0.2, 0.25) is 0 Å². The summed E-state index contributed by atoms with van der Waals surface area (Å²) >= 11 is 0. The largest absolute Gasteiger partial charge is 0.489 e. The third kappa shape index (κ3) is 4.62. The van der Waals surface area contributed by atoms with Crippen molar-refractivity contribution in [2.24, 2.45) is 5.92 Å². The van der Waals surface area contributed by atoms with Crippen molar-refractivity contribution in [2.45, 2.75) is 46.6 Å². The highest BCUT2D eigenvalue weighted by Crippen LogP contribution is 2.29. The monoisotopic (exact) mass is 340 g/mol. The van der Waals surface area contributed by atoms with Crippen LogP contribution in [0.5, 0.6) is 5.75 Å². The molecule has 1 aliphatic rings. The molecule has 0 radical (unpaired) electrons. The van der Waals surface area contributed by atoms with Crippen LogP contribution in [-0.2, 0) is 0 Å². The predicted octanol–water partition coefficient (Wildman–Crippen LogP) is 4.55. The van der Waals surface area contributed by atoms with Gasteiger partial charge in [0.2, 0.25) is 5.95 Å². The van der Waals surface area contributed by atoms with Gasteiger partial charge in [0, 0.05) is 24.8 Å². The predicted molar refractivity (Wildman–Crippen MR) is 103 cm³/mol. The Morgan fingerprint density at radius 3 is 2.80 bits per heavy atom. The number of ether oxygens (including phenoxy) is 1. The fraction of sp³-hybridized carbons (Fsp3) is 0.500. The average molecular weight is 340 g/mol. The number of aryl methyl sites for hydroxylation is 1. The molecule has 0 spiro atoms. The molecule has 0 bridgehead atoms. The van der Waals surface area contributed by atoms with Gasteiger partial charge in [0.1, 0.15) is 11.6 Å². The number of para-hydroxylation sites is 2. The fourth-order valence-electron chi connectivity index (χ4n) is 3.19. The molecule has 1 saturated heterocycles. The molecule has 5 heteroatoms. The van der Waals surface area contributed by atoms with E-state index in [1.165, 1.54) is 12.8 Å². The van der Waals surface area contributed by atoms with Crippen molar-refractivity contribution >= 4 is 17.5 Å². The second kappa shape index (κ2) is 7.72. The summed E-state index contributed by atoms with van der Waals surface area (Å²) in [5.41, 5.74) is 1.89. The smallest absolute Gasteiger partial charge is 0.227 e. The van der Waals surface area contributed by atoms with Gasteiger partial charge < -0.3 is 15.0 Å². The lowest BCUT2D eigenvalue weighted by Gasteiger charge is -2.31. The van der Waals surface area contributed by atoms with E-state index in [9.17, 15) is 0 Å². The molecule has 3 rings (SSSR count). The lowest BCUT2D eigenvalue weighted by Crippen LogP contribution is -2.35. The van der Waals surface area contributed by atoms with E-state index in [-0.39, 0.29) is 6.10 Å². The topological polar surface area (TPSA) is 50.3 Å². The van der Waals surface area contributed by atoms with Crippen LogP contribution in [0.4, 0.5) is 17.5 Å². The minimum Gasteiger partial charge on any atom is -0.489 e. The Bertz CT molecular complexity index is 717. The van der Waals surface area contributed by atoms with E-state index in [4.69, 9.17) is 9.72 Å². The van der Waals surface area contributed by atoms with Gasteiger partial charge in [-0.3, -0.25) is 0 Å². The highest BCUT2D eigenvalue weighted by atomic mass is 16.5. The van der Waals surface area contributed by atoms with Gasteiger partial charge in [-0.25, -0.2) is 4.98 Å². The molecular formula is C20H28N4O. The van der Waals surface area contributed by atoms with Crippen LogP contribution in [-0.4, -0.2) is 29.2 Å². The summed E-state index contributed by atoms with van der Waals surface area (Å²) in [7, 11) is 0. The van der Waals surface area contributed by atoms with Gasteiger partial charge in [0.15, 0.2) is 0 Å². The Morgan fingerprint density at radius 2 is 2.04 bits per heavy atom. The number of aromatic nitrogens is 2. The molecule has 1 aliphatic heterocycles. The van der Waals surface area contributed by atoms with Crippen LogP contribution >= 0.6 is 0 Å². The lowest BCUT2D eigenvalue weighted by molar-refractivity contribution is 0.244. The first kappa shape index (κ1) is 17.5. The van der Waals surface area contributed by atoms with Crippen molar-refractivity contribution in [1.29, 1.82) is 0 Å². The molecule has 1 fully saturated rings. The number of benzene rings is 1. The van der Waals surface area contributed by atoms with Gasteiger partial charge in [-0.1, -0.05) is 19.1 Å². The van der Waals surface area contributed by atoms with Crippen LogP contribution in [0.25, 0.3) is 0 Å². The molecular weight excluding hydrogens is 312 g/mol. The molecule has 25 heavy (non-hydrogen) atoms. The summed E-state index contributed by atoms with van der Waals surface area (Å²) in [5, 5.41) is 3.41. The molecule has 1 unspecified atom stereocenters. The SMILES string of the molecule is Cc1cc(Nc2ccccc2OC(C)C)nc(N2CCCC(C)C2)n1. The molecule has 1 aromatic heterocycles. The van der Waals surface area contributed by atoms with Gasteiger partial charge in [-0.2, -0.15) is 4.98 Å². The zero-order chi connectivity index (χ0) is 17.8. The first-order chi connectivity index (χ1) is 12.0. The van der Waals surface area contributed by atoms with Gasteiger partial charge in [0.05, 0.1) is 11.8 Å². The van der Waals surface area contributed by atoms with E-state index in [1.54, 1.807) is 0 Å². The Morgan fingerprint density at radius 1 is 1.24 bits per heavy atom. The van der Waals surface area contributed by atoms with Crippen LogP contribution in [0.3, 0.4) is 0 Å². The maximum atomic E-state index is 5.89. The molecule has 2 aromatic rings. The van der Waals surface area contributed by atoms with Crippen LogP contribution in [0, 0.1) is 12.8 Å². The summed E-state index contributed by atoms with van der Waals surface area (Å²) in [6.07, 6.45) is 2.61. The minimum atomic E-state index is 0.125. The van der Waals surface area contributed by atoms with E-state index in [0.717, 1.165) is 42.0 Å².